The van der Waals surface area contributed by atoms with Gasteiger partial charge in [0, 0.05) is 5.56 Å². The molecule has 3 N–H and O–H groups in total. The van der Waals surface area contributed by atoms with E-state index in [2.05, 4.69) is 5.16 Å². The van der Waals surface area contributed by atoms with E-state index >= 15 is 0 Å². The van der Waals surface area contributed by atoms with E-state index in [0.29, 0.717) is 11.0 Å². The fraction of sp³-hybridized carbons (Fsp3) is 0.222. The van der Waals surface area contributed by atoms with Gasteiger partial charge in [0.05, 0.1) is 0 Å². The Kier molecular flexibility index (Phi) is 2.95. The zero-order valence-corrected chi connectivity index (χ0v) is 7.49. The second kappa shape index (κ2) is 3.98. The van der Waals surface area contributed by atoms with Crippen molar-refractivity contribution in [2.45, 2.75) is 13.3 Å². The molecule has 4 heteroatoms. The summed E-state index contributed by atoms with van der Waals surface area (Å²) in [6, 6.07) is 5.36. The number of nitrogens with zero attached hydrogens (tertiary/aromatic N) is 1. The van der Waals surface area contributed by atoms with Crippen molar-refractivity contribution in [1.29, 1.82) is 0 Å². The molecule has 0 aliphatic carbocycles. The molecule has 3 nitrogen and oxygen atoms in total. The molecular formula is C9H11BN2O. The number of rotatable bonds is 2. The summed E-state index contributed by atoms with van der Waals surface area (Å²) in [7, 11) is 5.73. The van der Waals surface area contributed by atoms with Gasteiger partial charge in [0.1, 0.15) is 7.85 Å². The molecule has 0 heterocycles. The predicted octanol–water partition coefficient (Wildman–Crippen LogP) is 0.137. The molecule has 2 radical (unpaired) electrons. The van der Waals surface area contributed by atoms with Crippen LogP contribution in [0.25, 0.3) is 0 Å². The van der Waals surface area contributed by atoms with Gasteiger partial charge in [-0.3, -0.25) is 0 Å². The van der Waals surface area contributed by atoms with Crippen molar-refractivity contribution in [1.82, 2.24) is 0 Å². The second-order valence-corrected chi connectivity index (χ2v) is 2.71. The lowest BCUT2D eigenvalue weighted by molar-refractivity contribution is 0.318. The lowest BCUT2D eigenvalue weighted by Crippen LogP contribution is -2.21. The first-order valence-corrected chi connectivity index (χ1v) is 4.06. The van der Waals surface area contributed by atoms with Crippen molar-refractivity contribution in [2.75, 3.05) is 0 Å². The molecule has 0 unspecified atom stereocenters. The first kappa shape index (κ1) is 9.64. The zero-order valence-electron chi connectivity index (χ0n) is 7.49. The summed E-state index contributed by atoms with van der Waals surface area (Å²) in [5.74, 6) is 0.101. The maximum atomic E-state index is 8.52. The van der Waals surface area contributed by atoms with Crippen LogP contribution in [0.3, 0.4) is 0 Å². The zero-order chi connectivity index (χ0) is 9.84. The van der Waals surface area contributed by atoms with Gasteiger partial charge in [-0.25, -0.2) is 0 Å². The third kappa shape index (κ3) is 1.83. The number of amidine groups is 1. The van der Waals surface area contributed by atoms with Gasteiger partial charge >= 0.3 is 0 Å². The van der Waals surface area contributed by atoms with Crippen molar-refractivity contribution in [3.05, 3.63) is 29.3 Å². The smallest absolute Gasteiger partial charge is 0.170 e. The van der Waals surface area contributed by atoms with Crippen molar-refractivity contribution in [3.63, 3.8) is 0 Å². The van der Waals surface area contributed by atoms with Crippen LogP contribution in [0.1, 0.15) is 18.1 Å². The van der Waals surface area contributed by atoms with Crippen molar-refractivity contribution in [3.8, 4) is 0 Å². The Bertz CT molecular complexity index is 336. The standard InChI is InChI=1S/C9H11BN2O/c1-2-6-7(9(11)12-13)4-3-5-8(6)10/h3-5,13H,2H2,1H3,(H2,11,12). The largest absolute Gasteiger partial charge is 0.409 e. The Morgan fingerprint density at radius 3 is 2.85 bits per heavy atom. The van der Waals surface area contributed by atoms with Crippen molar-refractivity contribution in [2.24, 2.45) is 10.9 Å². The van der Waals surface area contributed by atoms with Crippen molar-refractivity contribution >= 4 is 19.1 Å². The minimum atomic E-state index is 0.101. The van der Waals surface area contributed by atoms with Crippen LogP contribution >= 0.6 is 0 Å². The maximum absolute atomic E-state index is 8.52. The summed E-state index contributed by atoms with van der Waals surface area (Å²) < 4.78 is 0. The Hall–Kier alpha value is -1.45. The van der Waals surface area contributed by atoms with Crippen LogP contribution in [0, 0.1) is 0 Å². The molecule has 0 aliphatic rings. The minimum Gasteiger partial charge on any atom is -0.409 e. The summed E-state index contributed by atoms with van der Waals surface area (Å²) in [4.78, 5) is 0. The number of benzene rings is 1. The molecule has 1 aromatic rings. The highest BCUT2D eigenvalue weighted by Crippen LogP contribution is 2.06. The van der Waals surface area contributed by atoms with E-state index in [9.17, 15) is 0 Å². The van der Waals surface area contributed by atoms with E-state index < -0.39 is 0 Å². The molecule has 0 fully saturated rings. The fourth-order valence-corrected chi connectivity index (χ4v) is 1.29. The highest BCUT2D eigenvalue weighted by Gasteiger charge is 2.06. The molecule has 0 saturated carbocycles. The quantitative estimate of drug-likeness (QED) is 0.220. The van der Waals surface area contributed by atoms with Gasteiger partial charge in [-0.15, -0.1) is 0 Å². The molecule has 0 saturated heterocycles. The summed E-state index contributed by atoms with van der Waals surface area (Å²) in [6.07, 6.45) is 0.762. The Labute approximate surface area is 78.7 Å². The van der Waals surface area contributed by atoms with E-state index in [-0.39, 0.29) is 5.84 Å². The SMILES string of the molecule is [B]c1cccc(/C(N)=N\O)c1CC. The minimum absolute atomic E-state index is 0.101. The van der Waals surface area contributed by atoms with Crippen LogP contribution in [0.2, 0.25) is 0 Å². The lowest BCUT2D eigenvalue weighted by atomic mass is 9.86. The van der Waals surface area contributed by atoms with Crippen LogP contribution in [0.4, 0.5) is 0 Å². The van der Waals surface area contributed by atoms with Crippen molar-refractivity contribution < 1.29 is 5.21 Å². The summed E-state index contributed by atoms with van der Waals surface area (Å²) >= 11 is 0. The normalized spacial score (nSPS) is 11.6. The van der Waals surface area contributed by atoms with E-state index in [4.69, 9.17) is 18.8 Å². The van der Waals surface area contributed by atoms with Crippen LogP contribution in [0.15, 0.2) is 23.4 Å². The highest BCUT2D eigenvalue weighted by molar-refractivity contribution is 6.34. The summed E-state index contributed by atoms with van der Waals surface area (Å²) in [5.41, 5.74) is 7.77. The maximum Gasteiger partial charge on any atom is 0.170 e. The van der Waals surface area contributed by atoms with Crippen LogP contribution in [-0.4, -0.2) is 18.9 Å². The topological polar surface area (TPSA) is 58.6 Å². The molecule has 0 aliphatic heterocycles. The summed E-state index contributed by atoms with van der Waals surface area (Å²) in [5, 5.41) is 11.5. The third-order valence-electron chi connectivity index (χ3n) is 1.95. The van der Waals surface area contributed by atoms with Gasteiger partial charge in [-0.1, -0.05) is 35.7 Å². The van der Waals surface area contributed by atoms with Crippen LogP contribution < -0.4 is 11.2 Å². The number of oxime groups is 1. The average molecular weight is 174 g/mol. The molecule has 0 aromatic heterocycles. The molecule has 1 aromatic carbocycles. The predicted molar refractivity (Wildman–Crippen MR) is 53.7 cm³/mol. The van der Waals surface area contributed by atoms with Gasteiger partial charge in [-0.05, 0) is 12.0 Å². The average Bonchev–Trinajstić information content (AvgIpc) is 2.16. The van der Waals surface area contributed by atoms with Gasteiger partial charge in [0.25, 0.3) is 0 Å². The first-order valence-electron chi connectivity index (χ1n) is 4.06. The molecule has 0 bridgehead atoms. The number of hydrogen-bond donors (Lipinski definition) is 2. The van der Waals surface area contributed by atoms with Gasteiger partial charge in [-0.2, -0.15) is 0 Å². The molecule has 66 valence electrons. The number of nitrogens with two attached hydrogens (primary N) is 1. The second-order valence-electron chi connectivity index (χ2n) is 2.71. The van der Waals surface area contributed by atoms with Crippen LogP contribution in [-0.2, 0) is 6.42 Å². The van der Waals surface area contributed by atoms with Gasteiger partial charge < -0.3 is 10.9 Å². The Morgan fingerprint density at radius 1 is 1.62 bits per heavy atom. The van der Waals surface area contributed by atoms with Gasteiger partial charge in [0.15, 0.2) is 5.84 Å². The highest BCUT2D eigenvalue weighted by atomic mass is 16.4. The molecular weight excluding hydrogens is 163 g/mol. The van der Waals surface area contributed by atoms with E-state index in [1.807, 2.05) is 6.92 Å². The fourth-order valence-electron chi connectivity index (χ4n) is 1.29. The Balaban J connectivity index is 3.28. The molecule has 0 atom stereocenters. The molecule has 0 amide bonds. The monoisotopic (exact) mass is 174 g/mol. The van der Waals surface area contributed by atoms with Crippen LogP contribution in [0.5, 0.6) is 0 Å². The number of hydrogen-bond acceptors (Lipinski definition) is 2. The van der Waals surface area contributed by atoms with E-state index in [1.165, 1.54) is 0 Å². The van der Waals surface area contributed by atoms with Gasteiger partial charge in [0.2, 0.25) is 0 Å². The van der Waals surface area contributed by atoms with E-state index in [0.717, 1.165) is 12.0 Å². The lowest BCUT2D eigenvalue weighted by Gasteiger charge is -2.09. The molecule has 0 spiro atoms. The van der Waals surface area contributed by atoms with E-state index in [1.54, 1.807) is 18.2 Å². The first-order chi connectivity index (χ1) is 6.20. The molecule has 1 rings (SSSR count). The third-order valence-corrected chi connectivity index (χ3v) is 1.95. The summed E-state index contributed by atoms with van der Waals surface area (Å²) in [6.45, 7) is 1.97. The molecule has 13 heavy (non-hydrogen) atoms. The Morgan fingerprint density at radius 2 is 2.31 bits per heavy atom.